The summed E-state index contributed by atoms with van der Waals surface area (Å²) in [7, 11) is 0. The van der Waals surface area contributed by atoms with E-state index in [2.05, 4.69) is 9.82 Å². The average molecular weight is 361 g/mol. The summed E-state index contributed by atoms with van der Waals surface area (Å²) in [5.74, 6) is 1.18. The van der Waals surface area contributed by atoms with Crippen LogP contribution in [0.2, 0.25) is 5.02 Å². The number of nitriles is 1. The van der Waals surface area contributed by atoms with Gasteiger partial charge in [-0.15, -0.1) is 0 Å². The molecule has 0 aliphatic heterocycles. The minimum atomic E-state index is -4.47. The van der Waals surface area contributed by atoms with Crippen LogP contribution in [0.15, 0.2) is 24.4 Å². The standard InChI is InChI=1S/C14H12ClF3N4S/c1-2-5-23-21-13-9(7-19)8-20-22(13)12-4-3-10(6-11(12)15)14(16,17)18/h3-4,6,8,21H,2,5H2,1H3. The Morgan fingerprint density at radius 3 is 2.74 bits per heavy atom. The molecule has 0 aliphatic carbocycles. The SMILES string of the molecule is CCCSNc1c(C#N)cnn1-c1ccc(C(F)(F)F)cc1Cl. The quantitative estimate of drug-likeness (QED) is 0.609. The molecule has 1 aromatic carbocycles. The van der Waals surface area contributed by atoms with E-state index in [1.807, 2.05) is 13.0 Å². The minimum Gasteiger partial charge on any atom is -0.313 e. The zero-order valence-corrected chi connectivity index (χ0v) is 13.6. The van der Waals surface area contributed by atoms with E-state index in [1.165, 1.54) is 28.9 Å². The number of anilines is 1. The van der Waals surface area contributed by atoms with Gasteiger partial charge in [0.1, 0.15) is 11.6 Å². The molecule has 0 radical (unpaired) electrons. The molecule has 0 unspecified atom stereocenters. The molecular formula is C14H12ClF3N4S. The first-order valence-corrected chi connectivity index (χ1v) is 7.98. The number of nitrogens with one attached hydrogen (secondary N) is 1. The molecular weight excluding hydrogens is 349 g/mol. The van der Waals surface area contributed by atoms with Gasteiger partial charge < -0.3 is 4.72 Å². The maximum Gasteiger partial charge on any atom is 0.416 e. The number of benzene rings is 1. The molecule has 1 aromatic heterocycles. The van der Waals surface area contributed by atoms with E-state index < -0.39 is 11.7 Å². The predicted octanol–water partition coefficient (Wildman–Crippen LogP) is 4.89. The maximum atomic E-state index is 12.7. The average Bonchev–Trinajstić information content (AvgIpc) is 2.89. The summed E-state index contributed by atoms with van der Waals surface area (Å²) in [5, 5.41) is 13.1. The zero-order chi connectivity index (χ0) is 17.0. The van der Waals surface area contributed by atoms with Crippen molar-refractivity contribution in [2.24, 2.45) is 0 Å². The van der Waals surface area contributed by atoms with Crippen molar-refractivity contribution >= 4 is 29.4 Å². The topological polar surface area (TPSA) is 53.6 Å². The van der Waals surface area contributed by atoms with Gasteiger partial charge in [-0.3, -0.25) is 0 Å². The molecule has 0 atom stereocenters. The van der Waals surface area contributed by atoms with Crippen molar-refractivity contribution in [2.45, 2.75) is 19.5 Å². The number of alkyl halides is 3. The Bertz CT molecular complexity index is 737. The fourth-order valence-corrected chi connectivity index (χ4v) is 2.69. The number of rotatable bonds is 5. The Hall–Kier alpha value is -1.85. The van der Waals surface area contributed by atoms with Gasteiger partial charge in [-0.05, 0) is 24.6 Å². The molecule has 0 amide bonds. The van der Waals surface area contributed by atoms with Gasteiger partial charge in [-0.2, -0.15) is 23.5 Å². The monoisotopic (exact) mass is 360 g/mol. The Balaban J connectivity index is 2.42. The summed E-state index contributed by atoms with van der Waals surface area (Å²) in [5.41, 5.74) is -0.292. The Kier molecular flexibility index (Phi) is 5.44. The third kappa shape index (κ3) is 3.92. The molecule has 4 nitrogen and oxygen atoms in total. The van der Waals surface area contributed by atoms with Crippen molar-refractivity contribution in [1.82, 2.24) is 9.78 Å². The highest BCUT2D eigenvalue weighted by molar-refractivity contribution is 8.00. The van der Waals surface area contributed by atoms with Crippen molar-refractivity contribution in [2.75, 3.05) is 10.5 Å². The van der Waals surface area contributed by atoms with Crippen LogP contribution in [0.25, 0.3) is 5.69 Å². The predicted molar refractivity (Wildman–Crippen MR) is 84.7 cm³/mol. The van der Waals surface area contributed by atoms with Gasteiger partial charge >= 0.3 is 6.18 Å². The lowest BCUT2D eigenvalue weighted by Gasteiger charge is -2.13. The smallest absolute Gasteiger partial charge is 0.313 e. The number of hydrogen-bond acceptors (Lipinski definition) is 4. The zero-order valence-electron chi connectivity index (χ0n) is 12.0. The number of halogens is 4. The molecule has 0 aliphatic rings. The van der Waals surface area contributed by atoms with Crippen LogP contribution in [0.5, 0.6) is 0 Å². The first-order chi connectivity index (χ1) is 10.9. The highest BCUT2D eigenvalue weighted by Gasteiger charge is 2.31. The molecule has 122 valence electrons. The minimum absolute atomic E-state index is 0.101. The molecule has 0 fully saturated rings. The fourth-order valence-electron chi connectivity index (χ4n) is 1.79. The summed E-state index contributed by atoms with van der Waals surface area (Å²) in [6.07, 6.45) is -2.21. The lowest BCUT2D eigenvalue weighted by molar-refractivity contribution is -0.137. The third-order valence-corrected chi connectivity index (χ3v) is 4.12. The molecule has 9 heteroatoms. The lowest BCUT2D eigenvalue weighted by Crippen LogP contribution is -2.07. The van der Waals surface area contributed by atoms with Crippen molar-refractivity contribution < 1.29 is 13.2 Å². The largest absolute Gasteiger partial charge is 0.416 e. The Labute approximate surface area is 140 Å². The van der Waals surface area contributed by atoms with Crippen molar-refractivity contribution in [3.63, 3.8) is 0 Å². The molecule has 1 N–H and O–H groups in total. The van der Waals surface area contributed by atoms with Crippen LogP contribution < -0.4 is 4.72 Å². The molecule has 1 heterocycles. The van der Waals surface area contributed by atoms with Gasteiger partial charge in [0.2, 0.25) is 0 Å². The lowest BCUT2D eigenvalue weighted by atomic mass is 10.2. The third-order valence-electron chi connectivity index (χ3n) is 2.87. The van der Waals surface area contributed by atoms with Gasteiger partial charge in [0.05, 0.1) is 22.5 Å². The second-order valence-corrected chi connectivity index (χ2v) is 5.85. The Morgan fingerprint density at radius 2 is 2.17 bits per heavy atom. The van der Waals surface area contributed by atoms with E-state index in [-0.39, 0.29) is 16.3 Å². The molecule has 0 saturated carbocycles. The van der Waals surface area contributed by atoms with Crippen LogP contribution in [0, 0.1) is 11.3 Å². The van der Waals surface area contributed by atoms with Gasteiger partial charge in [-0.25, -0.2) is 4.68 Å². The van der Waals surface area contributed by atoms with Gasteiger partial charge in [0.15, 0.2) is 5.82 Å². The van der Waals surface area contributed by atoms with Gasteiger partial charge in [-0.1, -0.05) is 30.5 Å². The maximum absolute atomic E-state index is 12.7. The summed E-state index contributed by atoms with van der Waals surface area (Å²) < 4.78 is 42.4. The molecule has 0 bridgehead atoms. The van der Waals surface area contributed by atoms with E-state index in [9.17, 15) is 13.2 Å². The van der Waals surface area contributed by atoms with Crippen molar-refractivity contribution in [3.05, 3.63) is 40.5 Å². The second-order valence-electron chi connectivity index (χ2n) is 4.54. The fraction of sp³-hybridized carbons (Fsp3) is 0.286. The highest BCUT2D eigenvalue weighted by Crippen LogP contribution is 2.34. The van der Waals surface area contributed by atoms with Crippen molar-refractivity contribution in [1.29, 1.82) is 5.26 Å². The summed E-state index contributed by atoms with van der Waals surface area (Å²) in [6.45, 7) is 2.00. The first-order valence-electron chi connectivity index (χ1n) is 6.61. The normalized spacial score (nSPS) is 11.3. The van der Waals surface area contributed by atoms with E-state index in [0.29, 0.717) is 5.82 Å². The summed E-state index contributed by atoms with van der Waals surface area (Å²) in [6, 6.07) is 4.99. The molecule has 2 aromatic rings. The van der Waals surface area contributed by atoms with Crippen LogP contribution in [0.3, 0.4) is 0 Å². The van der Waals surface area contributed by atoms with Crippen LogP contribution >= 0.6 is 23.5 Å². The van der Waals surface area contributed by atoms with E-state index >= 15 is 0 Å². The second kappa shape index (κ2) is 7.15. The van der Waals surface area contributed by atoms with Crippen LogP contribution in [-0.4, -0.2) is 15.5 Å². The van der Waals surface area contributed by atoms with Crippen LogP contribution in [0.4, 0.5) is 19.0 Å². The molecule has 2 rings (SSSR count). The summed E-state index contributed by atoms with van der Waals surface area (Å²) >= 11 is 7.35. The number of nitrogens with zero attached hydrogens (tertiary/aromatic N) is 3. The highest BCUT2D eigenvalue weighted by atomic mass is 35.5. The van der Waals surface area contributed by atoms with E-state index in [0.717, 1.165) is 24.3 Å². The molecule has 23 heavy (non-hydrogen) atoms. The van der Waals surface area contributed by atoms with Gasteiger partial charge in [0, 0.05) is 5.75 Å². The molecule has 0 spiro atoms. The first kappa shape index (κ1) is 17.5. The van der Waals surface area contributed by atoms with Crippen molar-refractivity contribution in [3.8, 4) is 11.8 Å². The van der Waals surface area contributed by atoms with Gasteiger partial charge in [0.25, 0.3) is 0 Å². The summed E-state index contributed by atoms with van der Waals surface area (Å²) in [4.78, 5) is 0. The van der Waals surface area contributed by atoms with Crippen LogP contribution in [0.1, 0.15) is 24.5 Å². The van der Waals surface area contributed by atoms with E-state index in [1.54, 1.807) is 0 Å². The molecule has 0 saturated heterocycles. The number of aromatic nitrogens is 2. The van der Waals surface area contributed by atoms with Crippen LogP contribution in [-0.2, 0) is 6.18 Å². The van der Waals surface area contributed by atoms with E-state index in [4.69, 9.17) is 16.9 Å². The Morgan fingerprint density at radius 1 is 1.43 bits per heavy atom. The number of hydrogen-bond donors (Lipinski definition) is 1.